The molecule has 0 fully saturated rings. The molecule has 0 saturated carbocycles. The van der Waals surface area contributed by atoms with Gasteiger partial charge in [0.2, 0.25) is 0 Å². The lowest BCUT2D eigenvalue weighted by Crippen LogP contribution is -2.15. The van der Waals surface area contributed by atoms with Gasteiger partial charge in [0.15, 0.2) is 0 Å². The van der Waals surface area contributed by atoms with E-state index in [1.807, 2.05) is 6.92 Å². The van der Waals surface area contributed by atoms with Crippen LogP contribution in [0.15, 0.2) is 0 Å². The molecule has 0 rings (SSSR count). The fourth-order valence-electron chi connectivity index (χ4n) is 2.82. The highest BCUT2D eigenvalue weighted by atomic mass is 16.6. The third-order valence-electron chi connectivity index (χ3n) is 4.83. The number of esters is 2. The van der Waals surface area contributed by atoms with E-state index in [4.69, 9.17) is 56.8 Å². The summed E-state index contributed by atoms with van der Waals surface area (Å²) in [6.45, 7) is 13.2. The zero-order valence-electron chi connectivity index (χ0n) is 25.7. The van der Waals surface area contributed by atoms with Gasteiger partial charge in [-0.15, -0.1) is 0 Å². The van der Waals surface area contributed by atoms with Gasteiger partial charge >= 0.3 is 11.9 Å². The molecule has 0 aliphatic rings. The van der Waals surface area contributed by atoms with Crippen LogP contribution in [0.2, 0.25) is 0 Å². The molecule has 42 heavy (non-hydrogen) atoms. The summed E-state index contributed by atoms with van der Waals surface area (Å²) >= 11 is 0. The maximum Gasteiger partial charge on any atom is 0.305 e. The molecule has 0 heterocycles. The van der Waals surface area contributed by atoms with E-state index in [0.717, 1.165) is 6.42 Å². The first-order chi connectivity index (χ1) is 20.7. The van der Waals surface area contributed by atoms with Crippen LogP contribution in [-0.2, 0) is 66.4 Å². The number of carbonyl (C=O) groups is 2. The van der Waals surface area contributed by atoms with E-state index in [-0.39, 0.29) is 25.2 Å². The van der Waals surface area contributed by atoms with Gasteiger partial charge < -0.3 is 56.8 Å². The van der Waals surface area contributed by atoms with Crippen molar-refractivity contribution in [1.82, 2.24) is 0 Å². The monoisotopic (exact) mass is 614 g/mol. The second-order valence-electron chi connectivity index (χ2n) is 8.43. The predicted molar refractivity (Wildman–Crippen MR) is 151 cm³/mol. The number of carbonyl (C=O) groups excluding carboxylic acids is 2. The molecule has 0 saturated heterocycles. The van der Waals surface area contributed by atoms with E-state index in [2.05, 4.69) is 0 Å². The molecule has 0 radical (unpaired) electrons. The van der Waals surface area contributed by atoms with Gasteiger partial charge in [-0.1, -0.05) is 6.92 Å². The highest BCUT2D eigenvalue weighted by molar-refractivity contribution is 5.69. The summed E-state index contributed by atoms with van der Waals surface area (Å²) in [6.07, 6.45) is 1.22. The second-order valence-corrected chi connectivity index (χ2v) is 8.43. The van der Waals surface area contributed by atoms with Gasteiger partial charge in [-0.2, -0.15) is 0 Å². The first-order valence-corrected chi connectivity index (χ1v) is 14.7. The molecule has 250 valence electrons. The van der Waals surface area contributed by atoms with Crippen molar-refractivity contribution < 1.29 is 66.4 Å². The van der Waals surface area contributed by atoms with E-state index in [9.17, 15) is 9.59 Å². The van der Waals surface area contributed by atoms with Crippen molar-refractivity contribution in [2.45, 2.75) is 26.7 Å². The Labute approximate surface area is 250 Å². The third kappa shape index (κ3) is 36.6. The van der Waals surface area contributed by atoms with Crippen molar-refractivity contribution in [3.05, 3.63) is 0 Å². The predicted octanol–water partition coefficient (Wildman–Crippen LogP) is 1.06. The molecule has 0 amide bonds. The van der Waals surface area contributed by atoms with Crippen LogP contribution in [0.25, 0.3) is 0 Å². The van der Waals surface area contributed by atoms with Crippen molar-refractivity contribution in [3.63, 3.8) is 0 Å². The van der Waals surface area contributed by atoms with Crippen LogP contribution in [0, 0.1) is 0 Å². The third-order valence-corrected chi connectivity index (χ3v) is 4.83. The van der Waals surface area contributed by atoms with Crippen molar-refractivity contribution in [2.24, 2.45) is 0 Å². The van der Waals surface area contributed by atoms with Crippen molar-refractivity contribution in [2.75, 3.05) is 145 Å². The average molecular weight is 615 g/mol. The second kappa shape index (κ2) is 35.7. The van der Waals surface area contributed by atoms with Gasteiger partial charge in [0, 0.05) is 13.3 Å². The number of rotatable bonds is 35. The van der Waals surface area contributed by atoms with Gasteiger partial charge in [0.05, 0.1) is 132 Å². The molecule has 0 aromatic rings. The molecule has 0 N–H and O–H groups in total. The minimum absolute atomic E-state index is 0.191. The highest BCUT2D eigenvalue weighted by Crippen LogP contribution is 1.91. The fraction of sp³-hybridized carbons (Fsp3) is 0.929. The van der Waals surface area contributed by atoms with Gasteiger partial charge in [0.1, 0.15) is 13.2 Å². The van der Waals surface area contributed by atoms with Crippen molar-refractivity contribution in [3.8, 4) is 0 Å². The highest BCUT2D eigenvalue weighted by Gasteiger charge is 2.00. The lowest BCUT2D eigenvalue weighted by molar-refractivity contribution is -0.145. The quantitative estimate of drug-likeness (QED) is 0.0741. The Morgan fingerprint density at radius 2 is 0.571 bits per heavy atom. The maximum absolute atomic E-state index is 11.2. The molecule has 0 aromatic heterocycles. The minimum atomic E-state index is -0.314. The van der Waals surface area contributed by atoms with E-state index < -0.39 is 0 Å². The molecule has 14 heteroatoms. The first kappa shape index (κ1) is 40.5. The molecule has 0 atom stereocenters. The number of hydrogen-bond acceptors (Lipinski definition) is 14. The molecule has 14 nitrogen and oxygen atoms in total. The lowest BCUT2D eigenvalue weighted by atomic mass is 10.3. The van der Waals surface area contributed by atoms with E-state index in [1.165, 1.54) is 6.92 Å². The zero-order chi connectivity index (χ0) is 30.6. The average Bonchev–Trinajstić information content (AvgIpc) is 2.97. The smallest absolute Gasteiger partial charge is 0.305 e. The largest absolute Gasteiger partial charge is 0.463 e. The zero-order valence-corrected chi connectivity index (χ0v) is 25.7. The fourth-order valence-corrected chi connectivity index (χ4v) is 2.82. The molecule has 0 bridgehead atoms. The molecule has 0 spiro atoms. The molecule has 0 unspecified atom stereocenters. The van der Waals surface area contributed by atoms with E-state index in [0.29, 0.717) is 139 Å². The van der Waals surface area contributed by atoms with Crippen LogP contribution in [0.4, 0.5) is 0 Å². The maximum atomic E-state index is 11.2. The molecule has 0 aliphatic carbocycles. The van der Waals surface area contributed by atoms with E-state index >= 15 is 0 Å². The summed E-state index contributed by atoms with van der Waals surface area (Å²) in [4.78, 5) is 21.7. The number of hydrogen-bond donors (Lipinski definition) is 0. The normalized spacial score (nSPS) is 11.2. The summed E-state index contributed by atoms with van der Waals surface area (Å²) in [6, 6.07) is 0. The van der Waals surface area contributed by atoms with Crippen LogP contribution in [0.5, 0.6) is 0 Å². The molecular formula is C28H54O14. The van der Waals surface area contributed by atoms with Crippen LogP contribution < -0.4 is 0 Å². The van der Waals surface area contributed by atoms with E-state index in [1.54, 1.807) is 0 Å². The Balaban J connectivity index is 3.06. The van der Waals surface area contributed by atoms with Crippen LogP contribution in [-0.4, -0.2) is 157 Å². The molecular weight excluding hydrogens is 560 g/mol. The topological polar surface area (TPSA) is 145 Å². The number of ether oxygens (including phenoxy) is 12. The van der Waals surface area contributed by atoms with Gasteiger partial charge in [-0.25, -0.2) is 0 Å². The van der Waals surface area contributed by atoms with Gasteiger partial charge in [-0.3, -0.25) is 9.59 Å². The van der Waals surface area contributed by atoms with Gasteiger partial charge in [0.25, 0.3) is 0 Å². The van der Waals surface area contributed by atoms with Crippen LogP contribution in [0.1, 0.15) is 26.7 Å². The Kier molecular flexibility index (Phi) is 34.5. The minimum Gasteiger partial charge on any atom is -0.463 e. The Morgan fingerprint density at radius 1 is 0.357 bits per heavy atom. The Morgan fingerprint density at radius 3 is 0.786 bits per heavy atom. The summed E-state index contributed by atoms with van der Waals surface area (Å²) in [7, 11) is 0. The standard InChI is InChI=1S/C28H54O14/c1-3-4-28(30)42-26-24-40-22-20-38-18-16-36-14-12-34-10-8-32-6-5-31-7-9-33-11-13-35-15-17-37-19-21-39-23-25-41-27(2)29/h3-26H2,1-2H3. The molecule has 0 aliphatic heterocycles. The summed E-state index contributed by atoms with van der Waals surface area (Å²) in [5.74, 6) is -0.505. The van der Waals surface area contributed by atoms with Crippen LogP contribution in [0.3, 0.4) is 0 Å². The van der Waals surface area contributed by atoms with Gasteiger partial charge in [-0.05, 0) is 6.42 Å². The first-order valence-electron chi connectivity index (χ1n) is 14.7. The Bertz CT molecular complexity index is 567. The summed E-state index contributed by atoms with van der Waals surface area (Å²) < 4.78 is 63.7. The lowest BCUT2D eigenvalue weighted by Gasteiger charge is -2.09. The van der Waals surface area contributed by atoms with Crippen molar-refractivity contribution in [1.29, 1.82) is 0 Å². The Hall–Kier alpha value is -1.46. The molecule has 0 aromatic carbocycles. The van der Waals surface area contributed by atoms with Crippen molar-refractivity contribution >= 4 is 11.9 Å². The van der Waals surface area contributed by atoms with Crippen LogP contribution >= 0.6 is 0 Å². The summed E-state index contributed by atoms with van der Waals surface area (Å²) in [5, 5.41) is 0. The summed E-state index contributed by atoms with van der Waals surface area (Å²) in [5.41, 5.74) is 0. The SMILES string of the molecule is CCCC(=O)OCCOCCOCCOCCOCCOCCOCCOCCOCCOCCOCCOC(C)=O.